The molecule has 4 nitrogen and oxygen atoms in total. The zero-order valence-corrected chi connectivity index (χ0v) is 6.88. The first-order valence-corrected chi connectivity index (χ1v) is 4.18. The molecule has 68 valence electrons. The van der Waals surface area contributed by atoms with Gasteiger partial charge in [0.05, 0.1) is 0 Å². The molecular formula is C8H13NO3. The van der Waals surface area contributed by atoms with Gasteiger partial charge in [0.15, 0.2) is 0 Å². The first-order valence-electron chi connectivity index (χ1n) is 4.18. The van der Waals surface area contributed by atoms with E-state index in [-0.39, 0.29) is 24.3 Å². The van der Waals surface area contributed by atoms with Crippen LogP contribution in [0.1, 0.15) is 25.7 Å². The summed E-state index contributed by atoms with van der Waals surface area (Å²) >= 11 is 0. The third-order valence-electron chi connectivity index (χ3n) is 2.06. The number of aliphatic hydroxyl groups is 1. The van der Waals surface area contributed by atoms with Crippen LogP contribution in [0.4, 0.5) is 0 Å². The second kappa shape index (κ2) is 4.21. The number of hydrogen-bond donors (Lipinski definition) is 2. The summed E-state index contributed by atoms with van der Waals surface area (Å²) in [7, 11) is 0. The second-order valence-electron chi connectivity index (χ2n) is 3.01. The van der Waals surface area contributed by atoms with E-state index in [1.54, 1.807) is 0 Å². The van der Waals surface area contributed by atoms with Gasteiger partial charge in [-0.3, -0.25) is 14.9 Å². The van der Waals surface area contributed by atoms with E-state index < -0.39 is 0 Å². The van der Waals surface area contributed by atoms with E-state index in [9.17, 15) is 9.59 Å². The van der Waals surface area contributed by atoms with E-state index in [0.717, 1.165) is 0 Å². The van der Waals surface area contributed by atoms with Crippen LogP contribution < -0.4 is 5.32 Å². The van der Waals surface area contributed by atoms with Crippen molar-refractivity contribution < 1.29 is 14.7 Å². The highest BCUT2D eigenvalue weighted by Crippen LogP contribution is 2.17. The fourth-order valence-electron chi connectivity index (χ4n) is 1.35. The molecule has 0 aromatic rings. The van der Waals surface area contributed by atoms with Gasteiger partial charge in [-0.25, -0.2) is 0 Å². The molecule has 1 heterocycles. The van der Waals surface area contributed by atoms with Gasteiger partial charge in [0.2, 0.25) is 11.8 Å². The van der Waals surface area contributed by atoms with E-state index in [1.807, 2.05) is 0 Å². The van der Waals surface area contributed by atoms with Crippen molar-refractivity contribution in [2.24, 2.45) is 5.92 Å². The van der Waals surface area contributed by atoms with Crippen molar-refractivity contribution in [1.82, 2.24) is 5.32 Å². The molecule has 1 saturated heterocycles. The molecule has 4 heteroatoms. The molecule has 1 aliphatic heterocycles. The predicted molar refractivity (Wildman–Crippen MR) is 42.2 cm³/mol. The van der Waals surface area contributed by atoms with Gasteiger partial charge in [-0.05, 0) is 19.3 Å². The molecule has 1 atom stereocenters. The average molecular weight is 171 g/mol. The Bertz CT molecular complexity index is 191. The van der Waals surface area contributed by atoms with E-state index in [1.165, 1.54) is 0 Å². The van der Waals surface area contributed by atoms with Gasteiger partial charge in [-0.15, -0.1) is 0 Å². The minimum atomic E-state index is -0.181. The molecule has 12 heavy (non-hydrogen) atoms. The molecule has 0 aliphatic carbocycles. The van der Waals surface area contributed by atoms with E-state index >= 15 is 0 Å². The first-order chi connectivity index (χ1) is 5.74. The highest BCUT2D eigenvalue weighted by molar-refractivity contribution is 5.98. The third kappa shape index (κ3) is 2.30. The van der Waals surface area contributed by atoms with Crippen molar-refractivity contribution in [3.05, 3.63) is 0 Å². The maximum absolute atomic E-state index is 11.1. The Labute approximate surface area is 71.0 Å². The summed E-state index contributed by atoms with van der Waals surface area (Å²) in [5.74, 6) is -0.435. The number of rotatable bonds is 3. The molecule has 0 radical (unpaired) electrons. The predicted octanol–water partition coefficient (Wildman–Crippen LogP) is -0.188. The van der Waals surface area contributed by atoms with Gasteiger partial charge < -0.3 is 5.11 Å². The molecule has 1 fully saturated rings. The number of amides is 2. The molecule has 0 spiro atoms. The van der Waals surface area contributed by atoms with Crippen LogP contribution >= 0.6 is 0 Å². The molecule has 1 unspecified atom stereocenters. The Balaban J connectivity index is 2.35. The average Bonchev–Trinajstić information content (AvgIpc) is 2.03. The Kier molecular flexibility index (Phi) is 3.22. The minimum Gasteiger partial charge on any atom is -0.396 e. The highest BCUT2D eigenvalue weighted by atomic mass is 16.3. The second-order valence-corrected chi connectivity index (χ2v) is 3.01. The van der Waals surface area contributed by atoms with Gasteiger partial charge in [-0.2, -0.15) is 0 Å². The fourth-order valence-corrected chi connectivity index (χ4v) is 1.35. The SMILES string of the molecule is O=C1CCC(CCCO)C(=O)N1. The Hall–Kier alpha value is -0.900. The summed E-state index contributed by atoms with van der Waals surface area (Å²) in [6.45, 7) is 0.109. The number of aliphatic hydroxyl groups excluding tert-OH is 1. The molecule has 0 aromatic heterocycles. The van der Waals surface area contributed by atoms with Gasteiger partial charge in [-0.1, -0.05) is 0 Å². The zero-order valence-electron chi connectivity index (χ0n) is 6.88. The summed E-state index contributed by atoms with van der Waals surface area (Å²) < 4.78 is 0. The van der Waals surface area contributed by atoms with Crippen molar-refractivity contribution in [3.8, 4) is 0 Å². The largest absolute Gasteiger partial charge is 0.396 e. The molecule has 0 aromatic carbocycles. The van der Waals surface area contributed by atoms with Gasteiger partial charge >= 0.3 is 0 Å². The van der Waals surface area contributed by atoms with Crippen molar-refractivity contribution in [3.63, 3.8) is 0 Å². The summed E-state index contributed by atoms with van der Waals surface area (Å²) in [5, 5.41) is 10.8. The van der Waals surface area contributed by atoms with Crippen LogP contribution in [0.3, 0.4) is 0 Å². The van der Waals surface area contributed by atoms with Crippen LogP contribution in [-0.2, 0) is 9.59 Å². The summed E-state index contributed by atoms with van der Waals surface area (Å²) in [6, 6.07) is 0. The molecule has 2 amide bonds. The molecule has 0 bridgehead atoms. The van der Waals surface area contributed by atoms with Crippen molar-refractivity contribution >= 4 is 11.8 Å². The van der Waals surface area contributed by atoms with E-state index in [2.05, 4.69) is 5.32 Å². The minimum absolute atomic E-state index is 0.0742. The number of carbonyl (C=O) groups excluding carboxylic acids is 2. The lowest BCUT2D eigenvalue weighted by Gasteiger charge is -2.19. The summed E-state index contributed by atoms with van der Waals surface area (Å²) in [6.07, 6.45) is 2.37. The van der Waals surface area contributed by atoms with Crippen molar-refractivity contribution in [1.29, 1.82) is 0 Å². The van der Waals surface area contributed by atoms with Gasteiger partial charge in [0, 0.05) is 18.9 Å². The maximum Gasteiger partial charge on any atom is 0.229 e. The van der Waals surface area contributed by atoms with Gasteiger partial charge in [0.25, 0.3) is 0 Å². The maximum atomic E-state index is 11.1. The van der Waals surface area contributed by atoms with E-state index in [4.69, 9.17) is 5.11 Å². The number of imide groups is 1. The molecule has 2 N–H and O–H groups in total. The standard InChI is InChI=1S/C8H13NO3/c10-5-1-2-6-3-4-7(11)9-8(6)12/h6,10H,1-5H2,(H,9,11,12). The third-order valence-corrected chi connectivity index (χ3v) is 2.06. The van der Waals surface area contributed by atoms with Crippen LogP contribution in [0.25, 0.3) is 0 Å². The van der Waals surface area contributed by atoms with Crippen LogP contribution in [0, 0.1) is 5.92 Å². The van der Waals surface area contributed by atoms with Crippen LogP contribution in [0.2, 0.25) is 0 Å². The lowest BCUT2D eigenvalue weighted by molar-refractivity contribution is -0.136. The Morgan fingerprint density at radius 3 is 2.83 bits per heavy atom. The van der Waals surface area contributed by atoms with Crippen LogP contribution in [-0.4, -0.2) is 23.5 Å². The van der Waals surface area contributed by atoms with Gasteiger partial charge in [0.1, 0.15) is 0 Å². The summed E-state index contributed by atoms with van der Waals surface area (Å²) in [4.78, 5) is 21.8. The zero-order chi connectivity index (χ0) is 8.97. The van der Waals surface area contributed by atoms with E-state index in [0.29, 0.717) is 25.7 Å². The topological polar surface area (TPSA) is 66.4 Å². The highest BCUT2D eigenvalue weighted by Gasteiger charge is 2.25. The first kappa shape index (κ1) is 9.19. The Morgan fingerprint density at radius 1 is 1.50 bits per heavy atom. The molecule has 1 aliphatic rings. The lowest BCUT2D eigenvalue weighted by Crippen LogP contribution is -2.40. The van der Waals surface area contributed by atoms with Crippen molar-refractivity contribution in [2.75, 3.05) is 6.61 Å². The van der Waals surface area contributed by atoms with Crippen molar-refractivity contribution in [2.45, 2.75) is 25.7 Å². The molecular weight excluding hydrogens is 158 g/mol. The lowest BCUT2D eigenvalue weighted by atomic mass is 9.94. The van der Waals surface area contributed by atoms with Crippen LogP contribution in [0.15, 0.2) is 0 Å². The number of carbonyl (C=O) groups is 2. The Morgan fingerprint density at radius 2 is 2.25 bits per heavy atom. The number of piperidine rings is 1. The molecule has 0 saturated carbocycles. The smallest absolute Gasteiger partial charge is 0.229 e. The number of hydrogen-bond acceptors (Lipinski definition) is 3. The summed E-state index contributed by atoms with van der Waals surface area (Å²) in [5.41, 5.74) is 0. The fraction of sp³-hybridized carbons (Fsp3) is 0.750. The molecule has 1 rings (SSSR count). The number of nitrogens with one attached hydrogen (secondary N) is 1. The monoisotopic (exact) mass is 171 g/mol. The quantitative estimate of drug-likeness (QED) is 0.578. The normalized spacial score (nSPS) is 23.9. The van der Waals surface area contributed by atoms with Crippen LogP contribution in [0.5, 0.6) is 0 Å².